The lowest BCUT2D eigenvalue weighted by atomic mass is 10.1. The lowest BCUT2D eigenvalue weighted by molar-refractivity contribution is -0.137. The van der Waals surface area contributed by atoms with E-state index in [-0.39, 0.29) is 30.0 Å². The van der Waals surface area contributed by atoms with Crippen molar-refractivity contribution in [3.05, 3.63) is 128 Å². The van der Waals surface area contributed by atoms with E-state index in [2.05, 4.69) is 22.1 Å². The van der Waals surface area contributed by atoms with Gasteiger partial charge in [-0.05, 0) is 70.4 Å². The first-order chi connectivity index (χ1) is 20.2. The van der Waals surface area contributed by atoms with Crippen molar-refractivity contribution in [3.63, 3.8) is 0 Å². The van der Waals surface area contributed by atoms with Crippen LogP contribution in [0.2, 0.25) is 0 Å². The molecule has 4 rings (SSSR count). The second kappa shape index (κ2) is 16.0. The molecule has 0 radical (unpaired) electrons. The number of hydrogen-bond acceptors (Lipinski definition) is 6. The van der Waals surface area contributed by atoms with Crippen LogP contribution in [0, 0.1) is 13.8 Å². The summed E-state index contributed by atoms with van der Waals surface area (Å²) in [5, 5.41) is 8.85. The van der Waals surface area contributed by atoms with Gasteiger partial charge in [0.1, 0.15) is 23.7 Å². The summed E-state index contributed by atoms with van der Waals surface area (Å²) in [6.07, 6.45) is 7.87. The predicted octanol–water partition coefficient (Wildman–Crippen LogP) is 4.13. The average Bonchev–Trinajstić information content (AvgIpc) is 2.97. The van der Waals surface area contributed by atoms with Gasteiger partial charge in [-0.25, -0.2) is 0 Å². The van der Waals surface area contributed by atoms with Crippen LogP contribution in [0.25, 0.3) is 0 Å². The topological polar surface area (TPSA) is 124 Å². The summed E-state index contributed by atoms with van der Waals surface area (Å²) >= 11 is 0. The molecule has 0 saturated heterocycles. The van der Waals surface area contributed by atoms with Gasteiger partial charge in [-0.15, -0.1) is 0 Å². The maximum atomic E-state index is 12.3. The second-order valence-corrected chi connectivity index (χ2v) is 10.2. The SMILES string of the molecule is CC(=O)Cn1c(C)cnc(CCCc2ccccc2)c1=O.Cc1cnc(CCCc2ccccc2)c(=O)n1CC(=O)O. The first-order valence-electron chi connectivity index (χ1n) is 14.1. The number of benzene rings is 2. The van der Waals surface area contributed by atoms with Gasteiger partial charge in [0, 0.05) is 23.8 Å². The van der Waals surface area contributed by atoms with Gasteiger partial charge >= 0.3 is 5.97 Å². The number of carboxylic acid groups (broad SMARTS) is 1. The largest absolute Gasteiger partial charge is 0.480 e. The van der Waals surface area contributed by atoms with E-state index in [1.165, 1.54) is 27.2 Å². The van der Waals surface area contributed by atoms with Gasteiger partial charge < -0.3 is 9.67 Å². The number of aliphatic carboxylic acids is 1. The van der Waals surface area contributed by atoms with Crippen molar-refractivity contribution in [2.75, 3.05) is 0 Å². The van der Waals surface area contributed by atoms with Crippen molar-refractivity contribution in [3.8, 4) is 0 Å². The Morgan fingerprint density at radius 3 is 1.45 bits per heavy atom. The molecule has 220 valence electrons. The van der Waals surface area contributed by atoms with Gasteiger partial charge in [0.2, 0.25) is 0 Å². The van der Waals surface area contributed by atoms with Crippen molar-refractivity contribution in [2.45, 2.75) is 72.4 Å². The maximum absolute atomic E-state index is 12.3. The first kappa shape index (κ1) is 31.9. The van der Waals surface area contributed by atoms with E-state index in [4.69, 9.17) is 5.11 Å². The normalized spacial score (nSPS) is 10.5. The molecule has 0 fully saturated rings. The molecule has 0 bridgehead atoms. The van der Waals surface area contributed by atoms with E-state index in [9.17, 15) is 19.2 Å². The Balaban J connectivity index is 0.000000230. The van der Waals surface area contributed by atoms with E-state index >= 15 is 0 Å². The second-order valence-electron chi connectivity index (χ2n) is 10.2. The van der Waals surface area contributed by atoms with E-state index in [0.29, 0.717) is 29.9 Å². The first-order valence-corrected chi connectivity index (χ1v) is 14.1. The Kier molecular flexibility index (Phi) is 12.1. The van der Waals surface area contributed by atoms with E-state index in [1.54, 1.807) is 26.2 Å². The highest BCUT2D eigenvalue weighted by atomic mass is 16.4. The molecule has 9 heteroatoms. The van der Waals surface area contributed by atoms with Crippen LogP contribution in [0.1, 0.15) is 53.7 Å². The predicted molar refractivity (Wildman–Crippen MR) is 162 cm³/mol. The molecule has 2 heterocycles. The quantitative estimate of drug-likeness (QED) is 0.272. The minimum absolute atomic E-state index is 0.0263. The molecule has 1 N–H and O–H groups in total. The number of rotatable bonds is 12. The monoisotopic (exact) mass is 570 g/mol. The number of carboxylic acids is 1. The Bertz CT molecular complexity index is 1470. The summed E-state index contributed by atoms with van der Waals surface area (Å²) in [6, 6.07) is 20.2. The van der Waals surface area contributed by atoms with Crippen LogP contribution in [0.4, 0.5) is 0 Å². The Morgan fingerprint density at radius 1 is 0.667 bits per heavy atom. The summed E-state index contributed by atoms with van der Waals surface area (Å²) in [5.74, 6) is -1.05. The van der Waals surface area contributed by atoms with Crippen molar-refractivity contribution < 1.29 is 14.7 Å². The summed E-state index contributed by atoms with van der Waals surface area (Å²) in [5.41, 5.74) is 4.29. The van der Waals surface area contributed by atoms with Crippen LogP contribution in [0.15, 0.2) is 82.6 Å². The number of hydrogen-bond donors (Lipinski definition) is 1. The van der Waals surface area contributed by atoms with Gasteiger partial charge in [-0.2, -0.15) is 0 Å². The molecule has 0 aliphatic heterocycles. The third-order valence-electron chi connectivity index (χ3n) is 6.77. The Morgan fingerprint density at radius 2 is 1.07 bits per heavy atom. The highest BCUT2D eigenvalue weighted by Gasteiger charge is 2.11. The number of aromatic nitrogens is 4. The number of ketones is 1. The minimum Gasteiger partial charge on any atom is -0.480 e. The summed E-state index contributed by atoms with van der Waals surface area (Å²) < 4.78 is 2.76. The molecule has 42 heavy (non-hydrogen) atoms. The van der Waals surface area contributed by atoms with Crippen molar-refractivity contribution in [2.24, 2.45) is 0 Å². The summed E-state index contributed by atoms with van der Waals surface area (Å²) in [7, 11) is 0. The molecule has 4 aromatic rings. The van der Waals surface area contributed by atoms with Crippen LogP contribution >= 0.6 is 0 Å². The van der Waals surface area contributed by atoms with Crippen LogP contribution in [0.3, 0.4) is 0 Å². The molecule has 0 amide bonds. The molecule has 0 aliphatic carbocycles. The third kappa shape index (κ3) is 9.76. The van der Waals surface area contributed by atoms with Gasteiger partial charge in [-0.1, -0.05) is 60.7 Å². The number of carbonyl (C=O) groups is 2. The van der Waals surface area contributed by atoms with E-state index < -0.39 is 5.97 Å². The fourth-order valence-corrected chi connectivity index (χ4v) is 4.53. The lowest BCUT2D eigenvalue weighted by Crippen LogP contribution is -2.29. The molecule has 0 aliphatic rings. The fourth-order valence-electron chi connectivity index (χ4n) is 4.53. The summed E-state index contributed by atoms with van der Waals surface area (Å²) in [4.78, 5) is 55.0. The molecular formula is C33H38N4O5. The van der Waals surface area contributed by atoms with E-state index in [0.717, 1.165) is 31.4 Å². The lowest BCUT2D eigenvalue weighted by Gasteiger charge is -2.09. The molecule has 2 aromatic carbocycles. The standard InChI is InChI=1S/C17H20N2O2.C16H18N2O3/c1-13-11-18-16(17(21)19(13)12-14(2)20)10-6-9-15-7-4-3-5-8-15;1-12-10-17-14(16(21)18(12)11-15(19)20)9-5-8-13-6-3-2-4-7-13/h3-5,7-8,11H,6,9-10,12H2,1-2H3;2-4,6-7,10H,5,8-9,11H2,1H3,(H,19,20). The molecule has 0 saturated carbocycles. The zero-order chi connectivity index (χ0) is 30.5. The highest BCUT2D eigenvalue weighted by molar-refractivity contribution is 5.75. The Hall–Kier alpha value is -4.66. The maximum Gasteiger partial charge on any atom is 0.323 e. The highest BCUT2D eigenvalue weighted by Crippen LogP contribution is 2.07. The van der Waals surface area contributed by atoms with Crippen LogP contribution in [0.5, 0.6) is 0 Å². The average molecular weight is 571 g/mol. The smallest absolute Gasteiger partial charge is 0.323 e. The molecule has 2 aromatic heterocycles. The van der Waals surface area contributed by atoms with Crippen LogP contribution in [-0.4, -0.2) is 36.0 Å². The number of aryl methyl sites for hydroxylation is 6. The number of nitrogens with zero attached hydrogens (tertiary/aromatic N) is 4. The summed E-state index contributed by atoms with van der Waals surface area (Å²) in [6.45, 7) is 4.77. The van der Waals surface area contributed by atoms with Crippen molar-refractivity contribution in [1.29, 1.82) is 0 Å². The molecule has 9 nitrogen and oxygen atoms in total. The Labute approximate surface area is 245 Å². The van der Waals surface area contributed by atoms with E-state index in [1.807, 2.05) is 48.5 Å². The number of carbonyl (C=O) groups excluding carboxylic acids is 1. The van der Waals surface area contributed by atoms with Gasteiger partial charge in [0.25, 0.3) is 11.1 Å². The molecule has 0 unspecified atom stereocenters. The van der Waals surface area contributed by atoms with Crippen LogP contribution in [-0.2, 0) is 48.4 Å². The third-order valence-corrected chi connectivity index (χ3v) is 6.77. The fraction of sp³-hybridized carbons (Fsp3) is 0.333. The van der Waals surface area contributed by atoms with Gasteiger partial charge in [-0.3, -0.25) is 33.7 Å². The molecule has 0 spiro atoms. The van der Waals surface area contributed by atoms with Crippen molar-refractivity contribution in [1.82, 2.24) is 19.1 Å². The zero-order valence-corrected chi connectivity index (χ0v) is 24.5. The number of Topliss-reactive ketones (excluding diaryl/α,β-unsaturated/α-hetero) is 1. The molecule has 0 atom stereocenters. The zero-order valence-electron chi connectivity index (χ0n) is 24.5. The minimum atomic E-state index is -1.03. The van der Waals surface area contributed by atoms with Crippen molar-refractivity contribution >= 4 is 11.8 Å². The molecular weight excluding hydrogens is 532 g/mol. The van der Waals surface area contributed by atoms with Gasteiger partial charge in [0.05, 0.1) is 6.54 Å². The van der Waals surface area contributed by atoms with Gasteiger partial charge in [0.15, 0.2) is 0 Å². The van der Waals surface area contributed by atoms with Crippen LogP contribution < -0.4 is 11.1 Å².